The van der Waals surface area contributed by atoms with E-state index in [1.807, 2.05) is 0 Å². The first-order chi connectivity index (χ1) is 8.59. The molecule has 0 saturated heterocycles. The average molecular weight is 269 g/mol. The maximum Gasteiger partial charge on any atom is 0.307 e. The highest BCUT2D eigenvalue weighted by Gasteiger charge is 2.68. The van der Waals surface area contributed by atoms with Gasteiger partial charge in [0.15, 0.2) is 5.16 Å². The van der Waals surface area contributed by atoms with E-state index in [4.69, 9.17) is 10.2 Å². The lowest BCUT2D eigenvalue weighted by atomic mass is 10.0. The summed E-state index contributed by atoms with van der Waals surface area (Å²) in [5.74, 6) is -3.12. The van der Waals surface area contributed by atoms with E-state index < -0.39 is 23.8 Å². The molecule has 5 atom stereocenters. The summed E-state index contributed by atoms with van der Waals surface area (Å²) in [7, 11) is 0. The standard InChI is InChI=1S/C10H11N3O4S/c14-8(15)3-1-4(18-10-11-2-12-13-10)6-5(3)7(6)9(16)17/h2-7H,1H2,(H,14,15)(H,16,17)(H,11,12,13). The molecule has 1 heterocycles. The van der Waals surface area contributed by atoms with Crippen LogP contribution < -0.4 is 0 Å². The van der Waals surface area contributed by atoms with E-state index in [1.165, 1.54) is 18.1 Å². The fraction of sp³-hybridized carbons (Fsp3) is 0.600. The third kappa shape index (κ3) is 1.67. The quantitative estimate of drug-likeness (QED) is 0.720. The summed E-state index contributed by atoms with van der Waals surface area (Å²) in [5.41, 5.74) is 0. The lowest BCUT2D eigenvalue weighted by Gasteiger charge is -2.13. The molecular weight excluding hydrogens is 258 g/mol. The first-order valence-electron chi connectivity index (χ1n) is 5.57. The van der Waals surface area contributed by atoms with Crippen molar-refractivity contribution in [2.45, 2.75) is 16.8 Å². The molecule has 18 heavy (non-hydrogen) atoms. The smallest absolute Gasteiger partial charge is 0.307 e. The van der Waals surface area contributed by atoms with Gasteiger partial charge in [-0.25, -0.2) is 4.98 Å². The van der Waals surface area contributed by atoms with Crippen LogP contribution in [0.1, 0.15) is 6.42 Å². The number of aromatic amines is 1. The Morgan fingerprint density at radius 1 is 1.33 bits per heavy atom. The number of nitrogens with one attached hydrogen (secondary N) is 1. The topological polar surface area (TPSA) is 116 Å². The van der Waals surface area contributed by atoms with Gasteiger partial charge < -0.3 is 10.2 Å². The summed E-state index contributed by atoms with van der Waals surface area (Å²) in [5, 5.41) is 25.2. The number of nitrogens with zero attached hydrogens (tertiary/aromatic N) is 2. The molecule has 2 aliphatic carbocycles. The number of rotatable bonds is 4. The minimum absolute atomic E-state index is 0.00912. The molecule has 0 amide bonds. The summed E-state index contributed by atoms with van der Waals surface area (Å²) >= 11 is 1.39. The van der Waals surface area contributed by atoms with E-state index >= 15 is 0 Å². The number of aromatic nitrogens is 3. The number of thioether (sulfide) groups is 1. The number of carboxylic acids is 2. The third-order valence-electron chi connectivity index (χ3n) is 3.77. The molecule has 2 aliphatic rings. The fourth-order valence-corrected chi connectivity index (χ4v) is 4.35. The molecule has 3 rings (SSSR count). The van der Waals surface area contributed by atoms with Gasteiger partial charge in [-0.1, -0.05) is 11.8 Å². The van der Waals surface area contributed by atoms with Gasteiger partial charge in [-0.2, -0.15) is 5.10 Å². The Labute approximate surface area is 106 Å². The normalized spacial score (nSPS) is 37.2. The van der Waals surface area contributed by atoms with Gasteiger partial charge in [-0.15, -0.1) is 0 Å². The highest BCUT2D eigenvalue weighted by atomic mass is 32.2. The largest absolute Gasteiger partial charge is 0.481 e. The molecule has 1 aromatic rings. The second-order valence-corrected chi connectivity index (χ2v) is 5.87. The van der Waals surface area contributed by atoms with Crippen LogP contribution in [-0.4, -0.2) is 42.6 Å². The van der Waals surface area contributed by atoms with Crippen LogP contribution in [0.15, 0.2) is 11.5 Å². The Morgan fingerprint density at radius 2 is 2.11 bits per heavy atom. The Morgan fingerprint density at radius 3 is 2.67 bits per heavy atom. The minimum Gasteiger partial charge on any atom is -0.481 e. The van der Waals surface area contributed by atoms with E-state index in [2.05, 4.69) is 15.2 Å². The van der Waals surface area contributed by atoms with Gasteiger partial charge in [-0.05, 0) is 18.3 Å². The summed E-state index contributed by atoms with van der Waals surface area (Å²) in [4.78, 5) is 26.1. The van der Waals surface area contributed by atoms with Crippen molar-refractivity contribution in [2.24, 2.45) is 23.7 Å². The van der Waals surface area contributed by atoms with Gasteiger partial charge in [0.1, 0.15) is 6.33 Å². The maximum absolute atomic E-state index is 11.1. The monoisotopic (exact) mass is 269 g/mol. The van der Waals surface area contributed by atoms with Crippen molar-refractivity contribution in [1.82, 2.24) is 15.2 Å². The molecule has 0 aliphatic heterocycles. The van der Waals surface area contributed by atoms with Crippen LogP contribution in [0.2, 0.25) is 0 Å². The lowest BCUT2D eigenvalue weighted by Crippen LogP contribution is -2.21. The van der Waals surface area contributed by atoms with E-state index in [-0.39, 0.29) is 17.1 Å². The maximum atomic E-state index is 11.1. The molecule has 3 N–H and O–H groups in total. The molecule has 0 aromatic carbocycles. The van der Waals surface area contributed by atoms with Crippen molar-refractivity contribution in [3.8, 4) is 0 Å². The molecule has 7 nitrogen and oxygen atoms in total. The Balaban J connectivity index is 1.76. The van der Waals surface area contributed by atoms with Crippen molar-refractivity contribution >= 4 is 23.7 Å². The summed E-state index contributed by atoms with van der Waals surface area (Å²) < 4.78 is 0. The second kappa shape index (κ2) is 3.98. The van der Waals surface area contributed by atoms with Gasteiger partial charge in [0, 0.05) is 5.25 Å². The third-order valence-corrected chi connectivity index (χ3v) is 5.00. The van der Waals surface area contributed by atoms with E-state index in [1.54, 1.807) is 0 Å². The zero-order valence-corrected chi connectivity index (χ0v) is 10.0. The van der Waals surface area contributed by atoms with Crippen molar-refractivity contribution in [3.05, 3.63) is 6.33 Å². The predicted molar refractivity (Wildman–Crippen MR) is 59.9 cm³/mol. The number of carbonyl (C=O) groups is 2. The number of carboxylic acid groups (broad SMARTS) is 2. The van der Waals surface area contributed by atoms with Crippen LogP contribution in [0.4, 0.5) is 0 Å². The Bertz CT molecular complexity index is 491. The molecule has 0 spiro atoms. The number of H-pyrrole nitrogens is 1. The molecule has 1 aromatic heterocycles. The van der Waals surface area contributed by atoms with E-state index in [9.17, 15) is 9.59 Å². The molecule has 96 valence electrons. The van der Waals surface area contributed by atoms with E-state index in [0.717, 1.165) is 0 Å². The van der Waals surface area contributed by atoms with Crippen LogP contribution in [-0.2, 0) is 9.59 Å². The lowest BCUT2D eigenvalue weighted by molar-refractivity contribution is -0.143. The molecule has 2 fully saturated rings. The number of hydrogen-bond donors (Lipinski definition) is 3. The van der Waals surface area contributed by atoms with Gasteiger partial charge >= 0.3 is 11.9 Å². The highest BCUT2D eigenvalue weighted by Crippen LogP contribution is 2.64. The molecular formula is C10H11N3O4S. The average Bonchev–Trinajstić information content (AvgIpc) is 2.68. The van der Waals surface area contributed by atoms with Crippen molar-refractivity contribution in [2.75, 3.05) is 0 Å². The van der Waals surface area contributed by atoms with Gasteiger partial charge in [0.2, 0.25) is 0 Å². The number of fused-ring (bicyclic) bond motifs is 1. The minimum atomic E-state index is -0.894. The first-order valence-corrected chi connectivity index (χ1v) is 6.45. The zero-order chi connectivity index (χ0) is 12.9. The van der Waals surface area contributed by atoms with Crippen molar-refractivity contribution < 1.29 is 19.8 Å². The summed E-state index contributed by atoms with van der Waals surface area (Å²) in [6, 6.07) is 0. The SMILES string of the molecule is O=C(O)C1CC(Sc2ncn[nH]2)C2C(C(=O)O)C12. The van der Waals surface area contributed by atoms with Crippen molar-refractivity contribution in [3.63, 3.8) is 0 Å². The van der Waals surface area contributed by atoms with Crippen LogP contribution in [0.25, 0.3) is 0 Å². The molecule has 2 saturated carbocycles. The van der Waals surface area contributed by atoms with Crippen LogP contribution in [0.3, 0.4) is 0 Å². The number of hydrogen-bond acceptors (Lipinski definition) is 5. The van der Waals surface area contributed by atoms with Gasteiger partial charge in [0.05, 0.1) is 11.8 Å². The second-order valence-electron chi connectivity index (χ2n) is 4.65. The summed E-state index contributed by atoms with van der Waals surface area (Å²) in [6.45, 7) is 0. The summed E-state index contributed by atoms with van der Waals surface area (Å²) in [6.07, 6.45) is 1.88. The zero-order valence-electron chi connectivity index (χ0n) is 9.18. The van der Waals surface area contributed by atoms with Gasteiger partial charge in [-0.3, -0.25) is 14.7 Å². The molecule has 0 radical (unpaired) electrons. The molecule has 5 unspecified atom stereocenters. The Kier molecular flexibility index (Phi) is 2.54. The van der Waals surface area contributed by atoms with E-state index in [0.29, 0.717) is 11.6 Å². The van der Waals surface area contributed by atoms with Crippen molar-refractivity contribution in [1.29, 1.82) is 0 Å². The Hall–Kier alpha value is -1.57. The van der Waals surface area contributed by atoms with Crippen LogP contribution in [0, 0.1) is 23.7 Å². The number of aliphatic carboxylic acids is 2. The van der Waals surface area contributed by atoms with Crippen LogP contribution in [0.5, 0.6) is 0 Å². The fourth-order valence-electron chi connectivity index (χ4n) is 3.04. The predicted octanol–water partition coefficient (Wildman–Crippen LogP) is 0.317. The first kappa shape index (κ1) is 11.5. The highest BCUT2D eigenvalue weighted by molar-refractivity contribution is 7.99. The van der Waals surface area contributed by atoms with Gasteiger partial charge in [0.25, 0.3) is 0 Å². The molecule has 8 heteroatoms. The molecule has 0 bridgehead atoms. The van der Waals surface area contributed by atoms with Crippen LogP contribution >= 0.6 is 11.8 Å².